The lowest BCUT2D eigenvalue weighted by Crippen LogP contribution is -2.43. The Labute approximate surface area is 123 Å². The molecular formula is C14H19ClN2O3. The summed E-state index contributed by atoms with van der Waals surface area (Å²) >= 11 is 5.90. The number of hydrogen-bond acceptors (Lipinski definition) is 2. The normalized spacial score (nSPS) is 13.3. The van der Waals surface area contributed by atoms with E-state index in [1.54, 1.807) is 12.1 Å². The Kier molecular flexibility index (Phi) is 6.31. The van der Waals surface area contributed by atoms with E-state index in [4.69, 9.17) is 16.7 Å². The van der Waals surface area contributed by atoms with Crippen molar-refractivity contribution in [2.24, 2.45) is 0 Å². The van der Waals surface area contributed by atoms with Crippen molar-refractivity contribution in [1.29, 1.82) is 0 Å². The molecule has 2 atom stereocenters. The first kappa shape index (κ1) is 16.3. The smallest absolute Gasteiger partial charge is 0.315 e. The van der Waals surface area contributed by atoms with Crippen LogP contribution in [0.3, 0.4) is 0 Å². The molecule has 0 radical (unpaired) electrons. The van der Waals surface area contributed by atoms with Gasteiger partial charge in [-0.2, -0.15) is 0 Å². The summed E-state index contributed by atoms with van der Waals surface area (Å²) in [7, 11) is 0. The van der Waals surface area contributed by atoms with Crippen LogP contribution in [0, 0.1) is 0 Å². The van der Waals surface area contributed by atoms with E-state index in [9.17, 15) is 9.59 Å². The minimum absolute atomic E-state index is 0.0878. The van der Waals surface area contributed by atoms with Crippen molar-refractivity contribution in [3.8, 4) is 0 Å². The average Bonchev–Trinajstić information content (AvgIpc) is 2.37. The summed E-state index contributed by atoms with van der Waals surface area (Å²) in [4.78, 5) is 22.5. The maximum atomic E-state index is 11.8. The second-order valence-corrected chi connectivity index (χ2v) is 5.03. The molecule has 1 aromatic rings. The summed E-state index contributed by atoms with van der Waals surface area (Å²) in [6, 6.07) is 6.25. The van der Waals surface area contributed by atoms with Crippen molar-refractivity contribution in [3.05, 3.63) is 34.9 Å². The first-order valence-corrected chi connectivity index (χ1v) is 6.84. The maximum Gasteiger partial charge on any atom is 0.315 e. The number of carboxylic acid groups (broad SMARTS) is 1. The molecule has 0 aliphatic rings. The molecule has 0 aliphatic heterocycles. The fraction of sp³-hybridized carbons (Fsp3) is 0.429. The molecule has 3 N–H and O–H groups in total. The van der Waals surface area contributed by atoms with E-state index in [1.165, 1.54) is 0 Å². The molecule has 5 nitrogen and oxygen atoms in total. The highest BCUT2D eigenvalue weighted by atomic mass is 35.5. The monoisotopic (exact) mass is 298 g/mol. The highest BCUT2D eigenvalue weighted by Crippen LogP contribution is 2.17. The number of halogens is 1. The van der Waals surface area contributed by atoms with Crippen LogP contribution in [-0.4, -0.2) is 23.1 Å². The standard InChI is InChI=1S/C14H19ClN2O3/c1-3-12(8-13(18)19)17-14(20)16-9(2)10-5-4-6-11(15)7-10/h4-7,9,12H,3,8H2,1-2H3,(H,18,19)(H2,16,17,20). The van der Waals surface area contributed by atoms with Crippen molar-refractivity contribution in [1.82, 2.24) is 10.6 Å². The third kappa shape index (κ3) is 5.48. The Morgan fingerprint density at radius 3 is 2.60 bits per heavy atom. The molecule has 0 aliphatic carbocycles. The Morgan fingerprint density at radius 1 is 1.35 bits per heavy atom. The van der Waals surface area contributed by atoms with Crippen molar-refractivity contribution in [2.45, 2.75) is 38.8 Å². The molecule has 6 heteroatoms. The summed E-state index contributed by atoms with van der Waals surface area (Å²) < 4.78 is 0. The van der Waals surface area contributed by atoms with Gasteiger partial charge in [0.2, 0.25) is 0 Å². The van der Waals surface area contributed by atoms with Crippen molar-refractivity contribution in [2.75, 3.05) is 0 Å². The summed E-state index contributed by atoms with van der Waals surface area (Å²) in [5.41, 5.74) is 0.888. The number of carbonyl (C=O) groups is 2. The van der Waals surface area contributed by atoms with Gasteiger partial charge in [-0.1, -0.05) is 30.7 Å². The average molecular weight is 299 g/mol. The predicted octanol–water partition coefficient (Wildman–Crippen LogP) is 2.95. The molecule has 2 unspecified atom stereocenters. The molecule has 0 saturated heterocycles. The van der Waals surface area contributed by atoms with E-state index in [0.717, 1.165) is 5.56 Å². The van der Waals surface area contributed by atoms with Crippen LogP contribution in [-0.2, 0) is 4.79 Å². The summed E-state index contributed by atoms with van der Waals surface area (Å²) in [5.74, 6) is -0.931. The summed E-state index contributed by atoms with van der Waals surface area (Å²) in [5, 5.41) is 14.7. The molecular weight excluding hydrogens is 280 g/mol. The van der Waals surface area contributed by atoms with Crippen molar-refractivity contribution >= 4 is 23.6 Å². The van der Waals surface area contributed by atoms with Crippen molar-refractivity contribution < 1.29 is 14.7 Å². The van der Waals surface area contributed by atoms with E-state index in [-0.39, 0.29) is 24.5 Å². The van der Waals surface area contributed by atoms with Crippen LogP contribution < -0.4 is 10.6 Å². The van der Waals surface area contributed by atoms with Gasteiger partial charge in [-0.25, -0.2) is 4.79 Å². The Bertz CT molecular complexity index is 479. The van der Waals surface area contributed by atoms with Gasteiger partial charge in [0.05, 0.1) is 12.5 Å². The fourth-order valence-corrected chi connectivity index (χ4v) is 1.99. The molecule has 0 aromatic heterocycles. The minimum atomic E-state index is -0.931. The number of carboxylic acids is 1. The van der Waals surface area contributed by atoms with Crippen LogP contribution in [0.25, 0.3) is 0 Å². The van der Waals surface area contributed by atoms with Crippen LogP contribution in [0.1, 0.15) is 38.3 Å². The lowest BCUT2D eigenvalue weighted by molar-refractivity contribution is -0.137. The molecule has 0 bridgehead atoms. The number of carbonyl (C=O) groups excluding carboxylic acids is 1. The van der Waals surface area contributed by atoms with Gasteiger partial charge in [-0.3, -0.25) is 4.79 Å². The quantitative estimate of drug-likeness (QED) is 0.755. The zero-order chi connectivity index (χ0) is 15.1. The molecule has 0 saturated carbocycles. The fourth-order valence-electron chi connectivity index (χ4n) is 1.79. The van der Waals surface area contributed by atoms with Gasteiger partial charge in [0.15, 0.2) is 0 Å². The van der Waals surface area contributed by atoms with E-state index in [0.29, 0.717) is 11.4 Å². The highest BCUT2D eigenvalue weighted by molar-refractivity contribution is 6.30. The summed E-state index contributed by atoms with van der Waals surface area (Å²) in [6.45, 7) is 3.66. The van der Waals surface area contributed by atoms with Crippen LogP contribution in [0.15, 0.2) is 24.3 Å². The second kappa shape index (κ2) is 7.75. The second-order valence-electron chi connectivity index (χ2n) is 4.60. The first-order chi connectivity index (χ1) is 9.42. The number of amides is 2. The molecule has 0 fully saturated rings. The zero-order valence-corrected chi connectivity index (χ0v) is 12.3. The molecule has 0 heterocycles. The number of nitrogens with one attached hydrogen (secondary N) is 2. The molecule has 1 rings (SSSR count). The number of rotatable bonds is 6. The largest absolute Gasteiger partial charge is 0.481 e. The predicted molar refractivity (Wildman–Crippen MR) is 77.9 cm³/mol. The number of urea groups is 1. The summed E-state index contributed by atoms with van der Waals surface area (Å²) in [6.07, 6.45) is 0.473. The van der Waals surface area contributed by atoms with Gasteiger partial charge in [0, 0.05) is 11.1 Å². The van der Waals surface area contributed by atoms with Gasteiger partial charge in [-0.05, 0) is 31.0 Å². The van der Waals surface area contributed by atoms with Gasteiger partial charge in [-0.15, -0.1) is 0 Å². The van der Waals surface area contributed by atoms with Gasteiger partial charge in [0.25, 0.3) is 0 Å². The topological polar surface area (TPSA) is 78.4 Å². The molecule has 20 heavy (non-hydrogen) atoms. The van der Waals surface area contributed by atoms with E-state index >= 15 is 0 Å². The van der Waals surface area contributed by atoms with Gasteiger partial charge < -0.3 is 15.7 Å². The Balaban J connectivity index is 2.55. The van der Waals surface area contributed by atoms with Crippen LogP contribution in [0.5, 0.6) is 0 Å². The third-order valence-corrected chi connectivity index (χ3v) is 3.18. The van der Waals surface area contributed by atoms with Gasteiger partial charge >= 0.3 is 12.0 Å². The van der Waals surface area contributed by atoms with E-state index < -0.39 is 5.97 Å². The Morgan fingerprint density at radius 2 is 2.05 bits per heavy atom. The third-order valence-electron chi connectivity index (χ3n) is 2.95. The lowest BCUT2D eigenvalue weighted by atomic mass is 10.1. The lowest BCUT2D eigenvalue weighted by Gasteiger charge is -2.19. The van der Waals surface area contributed by atoms with E-state index in [2.05, 4.69) is 10.6 Å². The van der Waals surface area contributed by atoms with Crippen LogP contribution in [0.4, 0.5) is 4.79 Å². The first-order valence-electron chi connectivity index (χ1n) is 6.46. The SMILES string of the molecule is CCC(CC(=O)O)NC(=O)NC(C)c1cccc(Cl)c1. The number of aliphatic carboxylic acids is 1. The zero-order valence-electron chi connectivity index (χ0n) is 11.5. The van der Waals surface area contributed by atoms with E-state index in [1.807, 2.05) is 26.0 Å². The van der Waals surface area contributed by atoms with Crippen molar-refractivity contribution in [3.63, 3.8) is 0 Å². The molecule has 1 aromatic carbocycles. The Hall–Kier alpha value is -1.75. The van der Waals surface area contributed by atoms with Gasteiger partial charge in [0.1, 0.15) is 0 Å². The van der Waals surface area contributed by atoms with Crippen LogP contribution >= 0.6 is 11.6 Å². The highest BCUT2D eigenvalue weighted by Gasteiger charge is 2.15. The maximum absolute atomic E-state index is 11.8. The minimum Gasteiger partial charge on any atom is -0.481 e. The molecule has 2 amide bonds. The molecule has 110 valence electrons. The number of benzene rings is 1. The van der Waals surface area contributed by atoms with Crippen LogP contribution in [0.2, 0.25) is 5.02 Å². The molecule has 0 spiro atoms. The number of hydrogen-bond donors (Lipinski definition) is 3.